The van der Waals surface area contributed by atoms with E-state index in [-0.39, 0.29) is 24.5 Å². The van der Waals surface area contributed by atoms with Crippen LogP contribution in [-0.4, -0.2) is 29.4 Å². The van der Waals surface area contributed by atoms with Crippen molar-refractivity contribution >= 4 is 6.34 Å². The van der Waals surface area contributed by atoms with E-state index in [0.29, 0.717) is 0 Å². The predicted octanol–water partition coefficient (Wildman–Crippen LogP) is -0.518. The van der Waals surface area contributed by atoms with E-state index < -0.39 is 6.23 Å². The van der Waals surface area contributed by atoms with Gasteiger partial charge in [-0.1, -0.05) is 0 Å². The fourth-order valence-electron chi connectivity index (χ4n) is 0.861. The molecule has 0 unspecified atom stereocenters. The minimum Gasteiger partial charge on any atom is -0.508 e. The van der Waals surface area contributed by atoms with Crippen molar-refractivity contribution in [3.8, 4) is 0 Å². The molecule has 5 nitrogen and oxygen atoms in total. The largest absolute Gasteiger partial charge is 0.508 e. The van der Waals surface area contributed by atoms with Crippen molar-refractivity contribution in [2.75, 3.05) is 6.61 Å². The van der Waals surface area contributed by atoms with E-state index in [2.05, 4.69) is 4.99 Å². The molecule has 0 aromatic rings. The number of aliphatic hydroxyl groups excluding tert-OH is 2. The van der Waals surface area contributed by atoms with Crippen LogP contribution in [-0.2, 0) is 4.74 Å². The van der Waals surface area contributed by atoms with Gasteiger partial charge >= 0.3 is 0 Å². The van der Waals surface area contributed by atoms with Gasteiger partial charge in [-0.3, -0.25) is 0 Å². The first-order valence-electron chi connectivity index (χ1n) is 3.19. The first-order chi connectivity index (χ1) is 5.27. The van der Waals surface area contributed by atoms with Crippen LogP contribution >= 0.6 is 0 Å². The molecular formula is C6H10N2O3. The van der Waals surface area contributed by atoms with Crippen LogP contribution in [0.25, 0.3) is 0 Å². The minimum absolute atomic E-state index is 0.0445. The second-order valence-corrected chi connectivity index (χ2v) is 2.10. The predicted molar refractivity (Wildman–Crippen MR) is 38.9 cm³/mol. The summed E-state index contributed by atoms with van der Waals surface area (Å²) in [4.78, 5) is 3.69. The fourth-order valence-corrected chi connectivity index (χ4v) is 0.861. The summed E-state index contributed by atoms with van der Waals surface area (Å²) < 4.78 is 4.96. The molecule has 0 spiro atoms. The Kier molecular flexibility index (Phi) is 2.32. The third-order valence-electron chi connectivity index (χ3n) is 1.36. The second-order valence-electron chi connectivity index (χ2n) is 2.10. The molecule has 11 heavy (non-hydrogen) atoms. The highest BCUT2D eigenvalue weighted by Crippen LogP contribution is 2.22. The Balaban J connectivity index is 2.53. The van der Waals surface area contributed by atoms with Crippen molar-refractivity contribution in [2.24, 2.45) is 10.7 Å². The molecule has 0 radical (unpaired) electrons. The average Bonchev–Trinajstić information content (AvgIpc) is 2.32. The molecule has 1 rings (SSSR count). The number of aliphatic imine (C=N–C) groups is 1. The number of aliphatic hydroxyl groups is 2. The van der Waals surface area contributed by atoms with Crippen LogP contribution in [0.15, 0.2) is 16.5 Å². The highest BCUT2D eigenvalue weighted by atomic mass is 16.5. The Labute approximate surface area is 63.8 Å². The van der Waals surface area contributed by atoms with E-state index in [1.54, 1.807) is 0 Å². The first kappa shape index (κ1) is 7.87. The molecule has 0 aromatic heterocycles. The van der Waals surface area contributed by atoms with Gasteiger partial charge in [0.15, 0.2) is 12.0 Å². The lowest BCUT2D eigenvalue weighted by molar-refractivity contribution is 0.120. The van der Waals surface area contributed by atoms with Gasteiger partial charge in [-0.25, -0.2) is 4.99 Å². The van der Waals surface area contributed by atoms with Crippen molar-refractivity contribution in [3.63, 3.8) is 0 Å². The van der Waals surface area contributed by atoms with Crippen LogP contribution in [0.5, 0.6) is 0 Å². The summed E-state index contributed by atoms with van der Waals surface area (Å²) in [7, 11) is 0. The SMILES string of the molecule is NC=N[C@H]1CC(O)=C(CO)O1. The smallest absolute Gasteiger partial charge is 0.198 e. The Morgan fingerprint density at radius 2 is 2.55 bits per heavy atom. The zero-order chi connectivity index (χ0) is 8.27. The van der Waals surface area contributed by atoms with Gasteiger partial charge < -0.3 is 20.7 Å². The Morgan fingerprint density at radius 1 is 1.82 bits per heavy atom. The molecule has 0 amide bonds. The van der Waals surface area contributed by atoms with Gasteiger partial charge in [0.05, 0.1) is 12.8 Å². The van der Waals surface area contributed by atoms with Crippen LogP contribution in [0, 0.1) is 0 Å². The molecular weight excluding hydrogens is 148 g/mol. The van der Waals surface area contributed by atoms with E-state index in [1.807, 2.05) is 0 Å². The molecule has 0 fully saturated rings. The average molecular weight is 158 g/mol. The normalized spacial score (nSPS) is 24.6. The van der Waals surface area contributed by atoms with Gasteiger partial charge in [-0.05, 0) is 0 Å². The van der Waals surface area contributed by atoms with Crippen LogP contribution in [0.4, 0.5) is 0 Å². The summed E-state index contributed by atoms with van der Waals surface area (Å²) in [6, 6.07) is 0. The second kappa shape index (κ2) is 3.25. The van der Waals surface area contributed by atoms with E-state index in [4.69, 9.17) is 20.7 Å². The Morgan fingerprint density at radius 3 is 3.00 bits per heavy atom. The van der Waals surface area contributed by atoms with E-state index in [1.165, 1.54) is 0 Å². The topological polar surface area (TPSA) is 88.1 Å². The summed E-state index contributed by atoms with van der Waals surface area (Å²) in [5, 5.41) is 17.7. The molecule has 0 saturated heterocycles. The maximum Gasteiger partial charge on any atom is 0.198 e. The van der Waals surface area contributed by atoms with Gasteiger partial charge in [0.2, 0.25) is 0 Å². The summed E-state index contributed by atoms with van der Waals surface area (Å²) in [5.41, 5.74) is 5.01. The van der Waals surface area contributed by atoms with Crippen LogP contribution in [0.1, 0.15) is 6.42 Å². The number of nitrogens with two attached hydrogens (primary N) is 1. The molecule has 0 saturated carbocycles. The fraction of sp³-hybridized carbons (Fsp3) is 0.500. The monoisotopic (exact) mass is 158 g/mol. The zero-order valence-electron chi connectivity index (χ0n) is 5.90. The third-order valence-corrected chi connectivity index (χ3v) is 1.36. The van der Waals surface area contributed by atoms with Gasteiger partial charge in [-0.2, -0.15) is 0 Å². The van der Waals surface area contributed by atoms with Crippen LogP contribution in [0.3, 0.4) is 0 Å². The molecule has 1 aliphatic rings. The zero-order valence-corrected chi connectivity index (χ0v) is 5.90. The molecule has 1 atom stereocenters. The first-order valence-corrected chi connectivity index (χ1v) is 3.19. The van der Waals surface area contributed by atoms with Crippen molar-refractivity contribution in [2.45, 2.75) is 12.6 Å². The summed E-state index contributed by atoms with van der Waals surface area (Å²) >= 11 is 0. The van der Waals surface area contributed by atoms with E-state index in [0.717, 1.165) is 6.34 Å². The minimum atomic E-state index is -0.470. The molecule has 0 aliphatic carbocycles. The number of rotatable bonds is 2. The van der Waals surface area contributed by atoms with Gasteiger partial charge in [-0.15, -0.1) is 0 Å². The highest BCUT2D eigenvalue weighted by molar-refractivity contribution is 5.51. The standard InChI is InChI=1S/C6H10N2O3/c7-3-8-6-1-4(10)5(2-9)11-6/h3,6,9-10H,1-2H2,(H2,7,8)/t6-/m1/s1. The van der Waals surface area contributed by atoms with Crippen molar-refractivity contribution < 1.29 is 14.9 Å². The lowest BCUT2D eigenvalue weighted by Crippen LogP contribution is -2.06. The van der Waals surface area contributed by atoms with Crippen LogP contribution in [0.2, 0.25) is 0 Å². The maximum atomic E-state index is 9.07. The lowest BCUT2D eigenvalue weighted by Gasteiger charge is -2.04. The third kappa shape index (κ3) is 1.62. The number of nitrogens with zero attached hydrogens (tertiary/aromatic N) is 1. The molecule has 0 bridgehead atoms. The molecule has 4 N–H and O–H groups in total. The van der Waals surface area contributed by atoms with E-state index >= 15 is 0 Å². The highest BCUT2D eigenvalue weighted by Gasteiger charge is 2.23. The van der Waals surface area contributed by atoms with Crippen molar-refractivity contribution in [1.82, 2.24) is 0 Å². The number of hydrogen-bond donors (Lipinski definition) is 3. The molecule has 1 heterocycles. The van der Waals surface area contributed by atoms with Crippen LogP contribution < -0.4 is 5.73 Å². The molecule has 5 heteroatoms. The number of ether oxygens (including phenoxy) is 1. The molecule has 0 aromatic carbocycles. The lowest BCUT2D eigenvalue weighted by atomic mass is 10.3. The summed E-state index contributed by atoms with van der Waals surface area (Å²) in [6.07, 6.45) is 0.920. The Bertz CT molecular complexity index is 200. The van der Waals surface area contributed by atoms with Crippen molar-refractivity contribution in [1.29, 1.82) is 0 Å². The van der Waals surface area contributed by atoms with Gasteiger partial charge in [0, 0.05) is 0 Å². The van der Waals surface area contributed by atoms with Gasteiger partial charge in [0.1, 0.15) is 12.4 Å². The van der Waals surface area contributed by atoms with Gasteiger partial charge in [0.25, 0.3) is 0 Å². The Hall–Kier alpha value is -1.23. The number of hydrogen-bond acceptors (Lipinski definition) is 4. The van der Waals surface area contributed by atoms with E-state index in [9.17, 15) is 0 Å². The molecule has 1 aliphatic heterocycles. The molecule has 62 valence electrons. The quantitative estimate of drug-likeness (QED) is 0.372. The van der Waals surface area contributed by atoms with Crippen molar-refractivity contribution in [3.05, 3.63) is 11.5 Å². The summed E-state index contributed by atoms with van der Waals surface area (Å²) in [6.45, 7) is -0.303. The summed E-state index contributed by atoms with van der Waals surface area (Å²) in [5.74, 6) is 0.226. The maximum absolute atomic E-state index is 9.07.